The molecule has 2 aliphatic rings. The molecule has 0 aromatic heterocycles. The van der Waals surface area contributed by atoms with E-state index in [9.17, 15) is 9.59 Å². The Labute approximate surface area is 115 Å². The van der Waals surface area contributed by atoms with Gasteiger partial charge in [-0.05, 0) is 32.7 Å². The molecule has 0 saturated carbocycles. The lowest BCUT2D eigenvalue weighted by atomic mass is 10.00. The molecular formula is C14H25N3O2. The van der Waals surface area contributed by atoms with E-state index in [0.717, 1.165) is 38.9 Å². The van der Waals surface area contributed by atoms with Crippen molar-refractivity contribution in [3.8, 4) is 0 Å². The average molecular weight is 267 g/mol. The van der Waals surface area contributed by atoms with Crippen molar-refractivity contribution < 1.29 is 9.59 Å². The van der Waals surface area contributed by atoms with Crippen LogP contribution in [0.4, 0.5) is 0 Å². The molecule has 0 aromatic carbocycles. The molecule has 108 valence electrons. The van der Waals surface area contributed by atoms with Gasteiger partial charge in [-0.25, -0.2) is 0 Å². The second-order valence-electron chi connectivity index (χ2n) is 5.65. The van der Waals surface area contributed by atoms with Gasteiger partial charge in [0.15, 0.2) is 0 Å². The summed E-state index contributed by atoms with van der Waals surface area (Å²) in [7, 11) is 2.04. The van der Waals surface area contributed by atoms with Gasteiger partial charge in [0.05, 0.1) is 0 Å². The van der Waals surface area contributed by atoms with Crippen molar-refractivity contribution >= 4 is 11.8 Å². The fraction of sp³-hybridized carbons (Fsp3) is 0.857. The molecule has 19 heavy (non-hydrogen) atoms. The Bertz CT molecular complexity index is 338. The number of piperazine rings is 1. The van der Waals surface area contributed by atoms with E-state index >= 15 is 0 Å². The van der Waals surface area contributed by atoms with Crippen LogP contribution in [0.3, 0.4) is 0 Å². The van der Waals surface area contributed by atoms with Crippen LogP contribution in [0.25, 0.3) is 0 Å². The molecule has 2 amide bonds. The number of amides is 2. The number of rotatable bonds is 1. The summed E-state index contributed by atoms with van der Waals surface area (Å²) in [4.78, 5) is 30.4. The topological polar surface area (TPSA) is 43.9 Å². The largest absolute Gasteiger partial charge is 0.332 e. The van der Waals surface area contributed by atoms with E-state index in [-0.39, 0.29) is 17.9 Å². The monoisotopic (exact) mass is 267 g/mol. The zero-order valence-corrected chi connectivity index (χ0v) is 12.1. The van der Waals surface area contributed by atoms with Crippen LogP contribution >= 0.6 is 0 Å². The SMILES string of the molecule is CCC1CCCCN1C(=O)C(=O)N1CCN(C)CC1. The predicted molar refractivity (Wildman–Crippen MR) is 73.7 cm³/mol. The lowest BCUT2D eigenvalue weighted by molar-refractivity contribution is -0.155. The van der Waals surface area contributed by atoms with Gasteiger partial charge in [-0.15, -0.1) is 0 Å². The fourth-order valence-corrected chi connectivity index (χ4v) is 2.96. The second kappa shape index (κ2) is 6.37. The first kappa shape index (κ1) is 14.3. The molecule has 0 spiro atoms. The third-order valence-corrected chi connectivity index (χ3v) is 4.33. The molecule has 5 nitrogen and oxygen atoms in total. The second-order valence-corrected chi connectivity index (χ2v) is 5.65. The molecule has 2 heterocycles. The van der Waals surface area contributed by atoms with Gasteiger partial charge >= 0.3 is 11.8 Å². The van der Waals surface area contributed by atoms with Crippen LogP contribution in [0.5, 0.6) is 0 Å². The third kappa shape index (κ3) is 3.26. The first-order valence-corrected chi connectivity index (χ1v) is 7.42. The zero-order chi connectivity index (χ0) is 13.8. The Morgan fingerprint density at radius 3 is 2.32 bits per heavy atom. The summed E-state index contributed by atoms with van der Waals surface area (Å²) in [6.45, 7) is 5.90. The normalized spacial score (nSPS) is 25.5. The molecule has 1 atom stereocenters. The minimum absolute atomic E-state index is 0.262. The van der Waals surface area contributed by atoms with Crippen molar-refractivity contribution in [2.45, 2.75) is 38.6 Å². The van der Waals surface area contributed by atoms with Crippen molar-refractivity contribution in [2.24, 2.45) is 0 Å². The fourth-order valence-electron chi connectivity index (χ4n) is 2.96. The van der Waals surface area contributed by atoms with E-state index in [4.69, 9.17) is 0 Å². The molecule has 0 radical (unpaired) electrons. The number of hydrogen-bond acceptors (Lipinski definition) is 3. The molecule has 2 rings (SSSR count). The maximum absolute atomic E-state index is 12.4. The minimum atomic E-state index is -0.298. The Morgan fingerprint density at radius 1 is 1.00 bits per heavy atom. The minimum Gasteiger partial charge on any atom is -0.332 e. The van der Waals surface area contributed by atoms with Crippen molar-refractivity contribution in [3.05, 3.63) is 0 Å². The highest BCUT2D eigenvalue weighted by atomic mass is 16.2. The highest BCUT2D eigenvalue weighted by Crippen LogP contribution is 2.20. The van der Waals surface area contributed by atoms with Crippen molar-refractivity contribution in [2.75, 3.05) is 39.8 Å². The first-order chi connectivity index (χ1) is 9.13. The number of nitrogens with zero attached hydrogens (tertiary/aromatic N) is 3. The van der Waals surface area contributed by atoms with Gasteiger partial charge in [-0.3, -0.25) is 9.59 Å². The van der Waals surface area contributed by atoms with Gasteiger partial charge < -0.3 is 14.7 Å². The standard InChI is InChI=1S/C14H25N3O2/c1-3-12-6-4-5-7-17(12)14(19)13(18)16-10-8-15(2)9-11-16/h12H,3-11H2,1-2H3. The molecule has 0 bridgehead atoms. The summed E-state index contributed by atoms with van der Waals surface area (Å²) < 4.78 is 0. The summed E-state index contributed by atoms with van der Waals surface area (Å²) >= 11 is 0. The van der Waals surface area contributed by atoms with Gasteiger partial charge in [0.2, 0.25) is 0 Å². The number of likely N-dealkylation sites (N-methyl/N-ethyl adjacent to an activating group) is 1. The van der Waals surface area contributed by atoms with Crippen LogP contribution in [0, 0.1) is 0 Å². The Hall–Kier alpha value is -1.10. The first-order valence-electron chi connectivity index (χ1n) is 7.42. The Balaban J connectivity index is 1.96. The summed E-state index contributed by atoms with van der Waals surface area (Å²) in [6, 6.07) is 0.262. The summed E-state index contributed by atoms with van der Waals surface area (Å²) in [6.07, 6.45) is 4.18. The van der Waals surface area contributed by atoms with Gasteiger partial charge in [0.25, 0.3) is 0 Å². The third-order valence-electron chi connectivity index (χ3n) is 4.33. The molecular weight excluding hydrogens is 242 g/mol. The molecule has 2 aliphatic heterocycles. The van der Waals surface area contributed by atoms with Gasteiger partial charge in [-0.2, -0.15) is 0 Å². The van der Waals surface area contributed by atoms with Gasteiger partial charge in [-0.1, -0.05) is 6.92 Å². The summed E-state index contributed by atoms with van der Waals surface area (Å²) in [5, 5.41) is 0. The van der Waals surface area contributed by atoms with Crippen molar-refractivity contribution in [1.29, 1.82) is 0 Å². The number of piperidine rings is 1. The maximum atomic E-state index is 12.4. The van der Waals surface area contributed by atoms with E-state index in [1.807, 2.05) is 11.9 Å². The van der Waals surface area contributed by atoms with E-state index in [1.165, 1.54) is 6.42 Å². The van der Waals surface area contributed by atoms with E-state index in [0.29, 0.717) is 13.1 Å². The van der Waals surface area contributed by atoms with Crippen LogP contribution in [0.2, 0.25) is 0 Å². The van der Waals surface area contributed by atoms with Crippen LogP contribution in [-0.2, 0) is 9.59 Å². The summed E-state index contributed by atoms with van der Waals surface area (Å²) in [5.74, 6) is -0.579. The Kier molecular flexibility index (Phi) is 4.80. The van der Waals surface area contributed by atoms with Gasteiger partial charge in [0, 0.05) is 38.8 Å². The molecule has 2 saturated heterocycles. The van der Waals surface area contributed by atoms with Crippen LogP contribution in [0.15, 0.2) is 0 Å². The predicted octanol–water partition coefficient (Wildman–Crippen LogP) is 0.552. The number of likely N-dealkylation sites (tertiary alicyclic amines) is 1. The Morgan fingerprint density at radius 2 is 1.68 bits per heavy atom. The molecule has 5 heteroatoms. The van der Waals surface area contributed by atoms with Crippen LogP contribution < -0.4 is 0 Å². The quantitative estimate of drug-likeness (QED) is 0.652. The number of carbonyl (C=O) groups is 2. The lowest BCUT2D eigenvalue weighted by Gasteiger charge is -2.37. The molecule has 0 aliphatic carbocycles. The van der Waals surface area contributed by atoms with Gasteiger partial charge in [0.1, 0.15) is 0 Å². The van der Waals surface area contributed by atoms with Crippen molar-refractivity contribution in [3.63, 3.8) is 0 Å². The van der Waals surface area contributed by atoms with Crippen LogP contribution in [-0.4, -0.2) is 72.3 Å². The number of carbonyl (C=O) groups excluding carboxylic acids is 2. The number of hydrogen-bond donors (Lipinski definition) is 0. The smallest absolute Gasteiger partial charge is 0.312 e. The average Bonchev–Trinajstić information content (AvgIpc) is 2.46. The molecule has 0 N–H and O–H groups in total. The van der Waals surface area contributed by atoms with Crippen LogP contribution in [0.1, 0.15) is 32.6 Å². The van der Waals surface area contributed by atoms with E-state index in [2.05, 4.69) is 11.8 Å². The summed E-state index contributed by atoms with van der Waals surface area (Å²) in [5.41, 5.74) is 0. The van der Waals surface area contributed by atoms with E-state index < -0.39 is 0 Å². The molecule has 1 unspecified atom stereocenters. The van der Waals surface area contributed by atoms with Crippen molar-refractivity contribution in [1.82, 2.24) is 14.7 Å². The molecule has 2 fully saturated rings. The highest BCUT2D eigenvalue weighted by molar-refractivity contribution is 6.35. The van der Waals surface area contributed by atoms with E-state index in [1.54, 1.807) is 4.90 Å². The lowest BCUT2D eigenvalue weighted by Crippen LogP contribution is -2.55. The maximum Gasteiger partial charge on any atom is 0.312 e. The molecule has 0 aromatic rings. The highest BCUT2D eigenvalue weighted by Gasteiger charge is 2.33. The zero-order valence-electron chi connectivity index (χ0n) is 12.1.